The number of aromatic amines is 1. The lowest BCUT2D eigenvalue weighted by Crippen LogP contribution is -2.10. The molecular weight excluding hydrogens is 345 g/mol. The number of aromatic nitrogens is 2. The van der Waals surface area contributed by atoms with Crippen LogP contribution in [0, 0.1) is 10.6 Å². The van der Waals surface area contributed by atoms with E-state index in [-0.39, 0.29) is 13.2 Å². The van der Waals surface area contributed by atoms with Crippen molar-refractivity contribution in [1.29, 1.82) is 0 Å². The maximum Gasteiger partial charge on any atom is 0.261 e. The molecule has 8 heteroatoms. The molecule has 0 aliphatic rings. The van der Waals surface area contributed by atoms with Crippen molar-refractivity contribution in [3.8, 4) is 0 Å². The zero-order valence-electron chi connectivity index (χ0n) is 9.63. The lowest BCUT2D eigenvalue weighted by molar-refractivity contribution is 0.0149. The van der Waals surface area contributed by atoms with Crippen LogP contribution in [0.1, 0.15) is 0 Å². The van der Waals surface area contributed by atoms with E-state index in [4.69, 9.17) is 17.0 Å². The van der Waals surface area contributed by atoms with Gasteiger partial charge in [0, 0.05) is 12.6 Å². The van der Waals surface area contributed by atoms with Crippen molar-refractivity contribution in [3.05, 3.63) is 27.2 Å². The highest BCUT2D eigenvalue weighted by atomic mass is 79.9. The predicted octanol–water partition coefficient (Wildman–Crippen LogP) is 3.88. The Kier molecular flexibility index (Phi) is 4.64. The summed E-state index contributed by atoms with van der Waals surface area (Å²) in [7, 11) is 0. The molecule has 1 heterocycles. The van der Waals surface area contributed by atoms with Crippen LogP contribution in [0.25, 0.3) is 11.0 Å². The maximum absolute atomic E-state index is 13.5. The van der Waals surface area contributed by atoms with Crippen LogP contribution >= 0.6 is 28.1 Å². The first-order valence-corrected chi connectivity index (χ1v) is 6.62. The number of fused-ring (bicyclic) bond motifs is 1. The third-order valence-corrected chi connectivity index (χ3v) is 3.45. The zero-order valence-corrected chi connectivity index (χ0v) is 12.0. The van der Waals surface area contributed by atoms with Crippen LogP contribution in [-0.2, 0) is 11.3 Å². The van der Waals surface area contributed by atoms with Gasteiger partial charge in [0.25, 0.3) is 6.43 Å². The van der Waals surface area contributed by atoms with E-state index in [1.807, 2.05) is 0 Å². The van der Waals surface area contributed by atoms with Gasteiger partial charge in [0.05, 0.1) is 22.1 Å². The Hall–Kier alpha value is -0.860. The lowest BCUT2D eigenvalue weighted by Gasteiger charge is -2.06. The van der Waals surface area contributed by atoms with Crippen molar-refractivity contribution in [2.24, 2.45) is 0 Å². The number of hydrogen-bond donors (Lipinski definition) is 1. The highest BCUT2D eigenvalue weighted by molar-refractivity contribution is 9.10. The van der Waals surface area contributed by atoms with Crippen LogP contribution < -0.4 is 0 Å². The van der Waals surface area contributed by atoms with Gasteiger partial charge in [-0.1, -0.05) is 0 Å². The fraction of sp³-hybridized carbons (Fsp3) is 0.364. The molecule has 1 aromatic carbocycles. The number of alkyl halides is 2. The minimum Gasteiger partial charge on any atom is -0.374 e. The first kappa shape index (κ1) is 14.5. The Morgan fingerprint density at radius 3 is 2.84 bits per heavy atom. The summed E-state index contributed by atoms with van der Waals surface area (Å²) >= 11 is 8.19. The fourth-order valence-electron chi connectivity index (χ4n) is 1.70. The van der Waals surface area contributed by atoms with E-state index >= 15 is 0 Å². The summed E-state index contributed by atoms with van der Waals surface area (Å²) in [6, 6.07) is 2.91. The summed E-state index contributed by atoms with van der Waals surface area (Å²) in [5, 5.41) is 0. The van der Waals surface area contributed by atoms with Crippen LogP contribution in [0.15, 0.2) is 16.6 Å². The Morgan fingerprint density at radius 2 is 2.16 bits per heavy atom. The molecule has 2 aromatic rings. The molecule has 0 unspecified atom stereocenters. The Balaban J connectivity index is 2.20. The largest absolute Gasteiger partial charge is 0.374 e. The van der Waals surface area contributed by atoms with Gasteiger partial charge in [-0.3, -0.25) is 0 Å². The van der Waals surface area contributed by atoms with Crippen LogP contribution in [0.2, 0.25) is 0 Å². The summed E-state index contributed by atoms with van der Waals surface area (Å²) < 4.78 is 44.5. The molecule has 0 amide bonds. The van der Waals surface area contributed by atoms with Gasteiger partial charge in [0.15, 0.2) is 4.77 Å². The zero-order chi connectivity index (χ0) is 14.0. The summed E-state index contributed by atoms with van der Waals surface area (Å²) in [5.41, 5.74) is 1.25. The Labute approximate surface area is 120 Å². The van der Waals surface area contributed by atoms with Gasteiger partial charge < -0.3 is 14.3 Å². The lowest BCUT2D eigenvalue weighted by atomic mass is 10.3. The third-order valence-electron chi connectivity index (χ3n) is 2.52. The number of rotatable bonds is 5. The molecule has 0 bridgehead atoms. The van der Waals surface area contributed by atoms with E-state index in [0.717, 1.165) is 0 Å². The maximum atomic E-state index is 13.5. The van der Waals surface area contributed by atoms with E-state index in [2.05, 4.69) is 20.9 Å². The molecule has 0 atom stereocenters. The quantitative estimate of drug-likeness (QED) is 0.652. The van der Waals surface area contributed by atoms with Gasteiger partial charge in [-0.2, -0.15) is 0 Å². The SMILES string of the molecule is Fc1cc2c(cc1Br)[nH]c(=S)n2CCOCC(F)F. The molecule has 0 fully saturated rings. The monoisotopic (exact) mass is 354 g/mol. The molecule has 0 saturated heterocycles. The standard InChI is InChI=1S/C11H10BrF3N2OS/c12-6-3-8-9(4-7(6)13)17(11(19)16-8)1-2-18-5-10(14)15/h3-4,10H,1-2,5H2,(H,16,19). The average molecular weight is 355 g/mol. The highest BCUT2D eigenvalue weighted by Gasteiger charge is 2.09. The molecule has 0 spiro atoms. The number of halogens is 4. The van der Waals surface area contributed by atoms with Crippen molar-refractivity contribution >= 4 is 39.2 Å². The molecule has 104 valence electrons. The minimum atomic E-state index is -2.50. The Bertz CT molecular complexity index is 641. The minimum absolute atomic E-state index is 0.0866. The second-order valence-corrected chi connectivity index (χ2v) is 5.07. The first-order chi connectivity index (χ1) is 8.99. The molecule has 1 aromatic heterocycles. The van der Waals surface area contributed by atoms with Gasteiger partial charge in [0.2, 0.25) is 0 Å². The molecular formula is C11H10BrF3N2OS. The molecule has 0 radical (unpaired) electrons. The van der Waals surface area contributed by atoms with E-state index in [0.29, 0.717) is 20.3 Å². The smallest absolute Gasteiger partial charge is 0.261 e. The fourth-order valence-corrected chi connectivity index (χ4v) is 2.35. The third kappa shape index (κ3) is 3.37. The van der Waals surface area contributed by atoms with Gasteiger partial charge in [-0.25, -0.2) is 13.2 Å². The van der Waals surface area contributed by atoms with E-state index in [1.165, 1.54) is 6.07 Å². The topological polar surface area (TPSA) is 29.9 Å². The molecule has 3 nitrogen and oxygen atoms in total. The van der Waals surface area contributed by atoms with E-state index in [1.54, 1.807) is 10.6 Å². The van der Waals surface area contributed by atoms with Gasteiger partial charge >= 0.3 is 0 Å². The highest BCUT2D eigenvalue weighted by Crippen LogP contribution is 2.23. The van der Waals surface area contributed by atoms with Crippen LogP contribution in [0.4, 0.5) is 13.2 Å². The van der Waals surface area contributed by atoms with Crippen molar-refractivity contribution in [3.63, 3.8) is 0 Å². The van der Waals surface area contributed by atoms with Crippen LogP contribution in [0.5, 0.6) is 0 Å². The van der Waals surface area contributed by atoms with Gasteiger partial charge in [0.1, 0.15) is 12.4 Å². The summed E-state index contributed by atoms with van der Waals surface area (Å²) in [6.07, 6.45) is -2.50. The number of H-pyrrole nitrogens is 1. The molecule has 1 N–H and O–H groups in total. The number of imidazole rings is 1. The van der Waals surface area contributed by atoms with E-state index < -0.39 is 18.8 Å². The second kappa shape index (κ2) is 6.06. The number of nitrogens with zero attached hydrogens (tertiary/aromatic N) is 1. The van der Waals surface area contributed by atoms with Crippen LogP contribution in [0.3, 0.4) is 0 Å². The van der Waals surface area contributed by atoms with Gasteiger partial charge in [-0.15, -0.1) is 0 Å². The number of hydrogen-bond acceptors (Lipinski definition) is 2. The van der Waals surface area contributed by atoms with Crippen molar-refractivity contribution < 1.29 is 17.9 Å². The van der Waals surface area contributed by atoms with E-state index in [9.17, 15) is 13.2 Å². The summed E-state index contributed by atoms with van der Waals surface area (Å²) in [4.78, 5) is 2.92. The molecule has 2 rings (SSSR count). The van der Waals surface area contributed by atoms with Crippen molar-refractivity contribution in [1.82, 2.24) is 9.55 Å². The summed E-state index contributed by atoms with van der Waals surface area (Å²) in [5.74, 6) is -0.413. The number of ether oxygens (including phenoxy) is 1. The first-order valence-electron chi connectivity index (χ1n) is 5.42. The number of nitrogens with one attached hydrogen (secondary N) is 1. The van der Waals surface area contributed by atoms with Crippen molar-refractivity contribution in [2.75, 3.05) is 13.2 Å². The van der Waals surface area contributed by atoms with Crippen molar-refractivity contribution in [2.45, 2.75) is 13.0 Å². The normalized spacial score (nSPS) is 11.6. The molecule has 0 aliphatic carbocycles. The van der Waals surface area contributed by atoms with Crippen LogP contribution in [-0.4, -0.2) is 29.2 Å². The van der Waals surface area contributed by atoms with Gasteiger partial charge in [-0.05, 0) is 34.2 Å². The average Bonchev–Trinajstić information content (AvgIpc) is 2.61. The second-order valence-electron chi connectivity index (χ2n) is 3.83. The molecule has 0 saturated carbocycles. The number of benzene rings is 1. The molecule has 19 heavy (non-hydrogen) atoms. The summed E-state index contributed by atoms with van der Waals surface area (Å²) in [6.45, 7) is -0.245. The predicted molar refractivity (Wildman–Crippen MR) is 71.6 cm³/mol. The molecule has 0 aliphatic heterocycles. The Morgan fingerprint density at radius 1 is 1.42 bits per heavy atom.